The molecule has 16 heavy (non-hydrogen) atoms. The fraction of sp³-hybridized carbons (Fsp3) is 0.385. The molecule has 0 radical (unpaired) electrons. The Balaban J connectivity index is 2.47. The molecule has 2 rings (SSSR count). The molecule has 1 atom stereocenters. The average molecular weight is 237 g/mol. The Morgan fingerprint density at radius 1 is 1.25 bits per heavy atom. The summed E-state index contributed by atoms with van der Waals surface area (Å²) in [6.07, 6.45) is 0. The Labute approximate surface area is 99.1 Å². The van der Waals surface area contributed by atoms with Crippen molar-refractivity contribution < 1.29 is 4.39 Å². The number of hydrogen-bond acceptors (Lipinski definition) is 2. The molecule has 0 amide bonds. The molecule has 0 saturated carbocycles. The normalized spacial score (nSPS) is 14.3. The van der Waals surface area contributed by atoms with Crippen molar-refractivity contribution in [2.75, 3.05) is 0 Å². The van der Waals surface area contributed by atoms with Crippen molar-refractivity contribution in [3.63, 3.8) is 0 Å². The van der Waals surface area contributed by atoms with Gasteiger partial charge in [-0.1, -0.05) is 20.8 Å². The van der Waals surface area contributed by atoms with Gasteiger partial charge in [-0.2, -0.15) is 0 Å². The maximum absolute atomic E-state index is 13.1. The van der Waals surface area contributed by atoms with Crippen LogP contribution >= 0.6 is 11.3 Å². The third-order valence-electron chi connectivity index (χ3n) is 2.74. The van der Waals surface area contributed by atoms with Crippen LogP contribution in [0, 0.1) is 11.2 Å². The first-order valence-electron chi connectivity index (χ1n) is 5.32. The first kappa shape index (κ1) is 11.6. The van der Waals surface area contributed by atoms with Crippen LogP contribution in [0.5, 0.6) is 0 Å². The van der Waals surface area contributed by atoms with E-state index in [1.165, 1.54) is 6.07 Å². The van der Waals surface area contributed by atoms with E-state index in [9.17, 15) is 4.39 Å². The van der Waals surface area contributed by atoms with Crippen LogP contribution in [0.25, 0.3) is 10.1 Å². The maximum Gasteiger partial charge on any atom is 0.123 e. The first-order chi connectivity index (χ1) is 7.38. The molecule has 0 aliphatic carbocycles. The molecule has 0 fully saturated rings. The van der Waals surface area contributed by atoms with Crippen molar-refractivity contribution in [2.45, 2.75) is 26.8 Å². The lowest BCUT2D eigenvalue weighted by Crippen LogP contribution is -2.25. The molecule has 1 aromatic carbocycles. The van der Waals surface area contributed by atoms with Crippen LogP contribution in [-0.4, -0.2) is 0 Å². The summed E-state index contributed by atoms with van der Waals surface area (Å²) in [5, 5.41) is 0.944. The molecule has 1 aromatic heterocycles. The second kappa shape index (κ2) is 3.82. The van der Waals surface area contributed by atoms with Crippen LogP contribution in [-0.2, 0) is 0 Å². The molecule has 2 aromatic rings. The minimum Gasteiger partial charge on any atom is -0.323 e. The Kier molecular flexibility index (Phi) is 2.76. The van der Waals surface area contributed by atoms with E-state index in [1.807, 2.05) is 12.1 Å². The van der Waals surface area contributed by atoms with Gasteiger partial charge in [0.05, 0.1) is 0 Å². The smallest absolute Gasteiger partial charge is 0.123 e. The molecule has 3 heteroatoms. The number of halogens is 1. The standard InChI is InChI=1S/C13H16FNS/c1-13(2,3)12(15)11-7-8-6-9(14)4-5-10(8)16-11/h4-7,12H,15H2,1-3H3. The van der Waals surface area contributed by atoms with Crippen molar-refractivity contribution in [1.82, 2.24) is 0 Å². The Morgan fingerprint density at radius 3 is 2.56 bits per heavy atom. The highest BCUT2D eigenvalue weighted by Gasteiger charge is 2.23. The van der Waals surface area contributed by atoms with Crippen LogP contribution in [0.2, 0.25) is 0 Å². The molecule has 86 valence electrons. The van der Waals surface area contributed by atoms with Gasteiger partial charge in [-0.15, -0.1) is 11.3 Å². The van der Waals surface area contributed by atoms with E-state index in [1.54, 1.807) is 17.4 Å². The van der Waals surface area contributed by atoms with Gasteiger partial charge in [0.1, 0.15) is 5.82 Å². The third kappa shape index (κ3) is 2.11. The molecule has 2 N–H and O–H groups in total. The van der Waals surface area contributed by atoms with Gasteiger partial charge in [0.25, 0.3) is 0 Å². The van der Waals surface area contributed by atoms with Crippen LogP contribution in [0.15, 0.2) is 24.3 Å². The highest BCUT2D eigenvalue weighted by molar-refractivity contribution is 7.19. The van der Waals surface area contributed by atoms with E-state index in [2.05, 4.69) is 20.8 Å². The quantitative estimate of drug-likeness (QED) is 0.794. The fourth-order valence-electron chi connectivity index (χ4n) is 1.61. The molecular weight excluding hydrogens is 221 g/mol. The molecule has 0 spiro atoms. The van der Waals surface area contributed by atoms with Crippen LogP contribution < -0.4 is 5.73 Å². The second-order valence-electron chi connectivity index (χ2n) is 5.17. The second-order valence-corrected chi connectivity index (χ2v) is 6.29. The first-order valence-corrected chi connectivity index (χ1v) is 6.14. The Bertz CT molecular complexity index is 510. The van der Waals surface area contributed by atoms with Gasteiger partial charge in [0.15, 0.2) is 0 Å². The van der Waals surface area contributed by atoms with E-state index in [0.717, 1.165) is 15.0 Å². The van der Waals surface area contributed by atoms with E-state index >= 15 is 0 Å². The van der Waals surface area contributed by atoms with E-state index in [0.29, 0.717) is 0 Å². The molecule has 1 nitrogen and oxygen atoms in total. The van der Waals surface area contributed by atoms with Crippen molar-refractivity contribution >= 4 is 21.4 Å². The number of hydrogen-bond donors (Lipinski definition) is 1. The summed E-state index contributed by atoms with van der Waals surface area (Å²) in [5.41, 5.74) is 6.22. The van der Waals surface area contributed by atoms with E-state index in [4.69, 9.17) is 5.73 Å². The summed E-state index contributed by atoms with van der Waals surface area (Å²) in [7, 11) is 0. The molecule has 1 heterocycles. The lowest BCUT2D eigenvalue weighted by Gasteiger charge is -2.25. The van der Waals surface area contributed by atoms with Gasteiger partial charge in [-0.05, 0) is 35.1 Å². The summed E-state index contributed by atoms with van der Waals surface area (Å²) < 4.78 is 14.1. The zero-order valence-electron chi connectivity index (χ0n) is 9.75. The average Bonchev–Trinajstić information content (AvgIpc) is 2.57. The SMILES string of the molecule is CC(C)(C)C(N)c1cc2cc(F)ccc2s1. The summed E-state index contributed by atoms with van der Waals surface area (Å²) in [4.78, 5) is 1.12. The summed E-state index contributed by atoms with van der Waals surface area (Å²) >= 11 is 1.65. The molecule has 0 saturated heterocycles. The van der Waals surface area contributed by atoms with Crippen molar-refractivity contribution in [2.24, 2.45) is 11.1 Å². The largest absolute Gasteiger partial charge is 0.323 e. The topological polar surface area (TPSA) is 26.0 Å². The van der Waals surface area contributed by atoms with Crippen LogP contribution in [0.3, 0.4) is 0 Å². The maximum atomic E-state index is 13.1. The van der Waals surface area contributed by atoms with Crippen molar-refractivity contribution in [3.05, 3.63) is 35.0 Å². The van der Waals surface area contributed by atoms with Crippen molar-refractivity contribution in [3.8, 4) is 0 Å². The number of benzene rings is 1. The van der Waals surface area contributed by atoms with Gasteiger partial charge >= 0.3 is 0 Å². The molecular formula is C13H16FNS. The Hall–Kier alpha value is -0.930. The van der Waals surface area contributed by atoms with Gasteiger partial charge in [0.2, 0.25) is 0 Å². The highest BCUT2D eigenvalue weighted by Crippen LogP contribution is 2.37. The zero-order chi connectivity index (χ0) is 11.9. The van der Waals surface area contributed by atoms with E-state index < -0.39 is 0 Å². The van der Waals surface area contributed by atoms with Gasteiger partial charge in [-0.25, -0.2) is 4.39 Å². The lowest BCUT2D eigenvalue weighted by molar-refractivity contribution is 0.331. The number of nitrogens with two attached hydrogens (primary N) is 1. The molecule has 0 bridgehead atoms. The van der Waals surface area contributed by atoms with Crippen LogP contribution in [0.4, 0.5) is 4.39 Å². The van der Waals surface area contributed by atoms with Crippen molar-refractivity contribution in [1.29, 1.82) is 0 Å². The van der Waals surface area contributed by atoms with Gasteiger partial charge in [-0.3, -0.25) is 0 Å². The number of thiophene rings is 1. The summed E-state index contributed by atoms with van der Waals surface area (Å²) in [6.45, 7) is 6.34. The molecule has 0 aliphatic heterocycles. The monoisotopic (exact) mass is 237 g/mol. The van der Waals surface area contributed by atoms with E-state index in [-0.39, 0.29) is 17.3 Å². The third-order valence-corrected chi connectivity index (χ3v) is 3.94. The van der Waals surface area contributed by atoms with Gasteiger partial charge < -0.3 is 5.73 Å². The fourth-order valence-corrected chi connectivity index (χ4v) is 2.91. The lowest BCUT2D eigenvalue weighted by atomic mass is 9.86. The predicted molar refractivity (Wildman–Crippen MR) is 68.2 cm³/mol. The highest BCUT2D eigenvalue weighted by atomic mass is 32.1. The Morgan fingerprint density at radius 2 is 1.94 bits per heavy atom. The zero-order valence-corrected chi connectivity index (χ0v) is 10.6. The number of fused-ring (bicyclic) bond motifs is 1. The minimum absolute atomic E-state index is 0.00652. The molecule has 1 unspecified atom stereocenters. The number of rotatable bonds is 1. The minimum atomic E-state index is -0.193. The summed E-state index contributed by atoms with van der Waals surface area (Å²) in [5.74, 6) is -0.193. The molecule has 0 aliphatic rings. The predicted octanol–water partition coefficient (Wildman–Crippen LogP) is 4.09. The van der Waals surface area contributed by atoms with Gasteiger partial charge in [0, 0.05) is 15.6 Å². The summed E-state index contributed by atoms with van der Waals surface area (Å²) in [6, 6.07) is 6.86. The van der Waals surface area contributed by atoms with Crippen LogP contribution in [0.1, 0.15) is 31.7 Å².